The van der Waals surface area contributed by atoms with Crippen molar-refractivity contribution in [2.75, 3.05) is 6.54 Å². The van der Waals surface area contributed by atoms with Gasteiger partial charge in [-0.3, -0.25) is 0 Å². The Morgan fingerprint density at radius 3 is 2.59 bits per heavy atom. The van der Waals surface area contributed by atoms with Gasteiger partial charge in [0.1, 0.15) is 0 Å². The van der Waals surface area contributed by atoms with Crippen molar-refractivity contribution in [3.8, 4) is 0 Å². The third-order valence-corrected chi connectivity index (χ3v) is 4.65. The van der Waals surface area contributed by atoms with Gasteiger partial charge in [0, 0.05) is 16.3 Å². The molecule has 0 spiro atoms. The molecule has 1 nitrogen and oxygen atoms in total. The minimum Gasteiger partial charge on any atom is -0.312 e. The zero-order valence-corrected chi connectivity index (χ0v) is 12.6. The van der Waals surface area contributed by atoms with E-state index in [4.69, 9.17) is 0 Å². The van der Waals surface area contributed by atoms with Crippen molar-refractivity contribution in [1.82, 2.24) is 5.32 Å². The summed E-state index contributed by atoms with van der Waals surface area (Å²) in [5.41, 5.74) is 1.44. The summed E-state index contributed by atoms with van der Waals surface area (Å²) in [5, 5.41) is 3.61. The largest absolute Gasteiger partial charge is 0.312 e. The molecule has 0 aliphatic rings. The van der Waals surface area contributed by atoms with E-state index in [9.17, 15) is 0 Å². The van der Waals surface area contributed by atoms with Gasteiger partial charge in [0.15, 0.2) is 0 Å². The second-order valence-electron chi connectivity index (χ2n) is 5.00. The maximum absolute atomic E-state index is 3.61. The Morgan fingerprint density at radius 2 is 2.06 bits per heavy atom. The Bertz CT molecular complexity index is 297. The number of nitrogens with one attached hydrogen (secondary N) is 1. The van der Waals surface area contributed by atoms with E-state index in [1.165, 1.54) is 47.5 Å². The highest BCUT2D eigenvalue weighted by Gasteiger charge is 2.06. The first kappa shape index (κ1) is 14.7. The minimum absolute atomic E-state index is 0.858. The molecule has 0 aromatic carbocycles. The molecule has 0 aliphatic carbocycles. The summed E-state index contributed by atoms with van der Waals surface area (Å²) in [5.74, 6) is 0.858. The first-order chi connectivity index (χ1) is 8.17. The average molecular weight is 253 g/mol. The molecule has 0 radical (unpaired) electrons. The third kappa shape index (κ3) is 5.22. The van der Waals surface area contributed by atoms with Crippen LogP contribution in [0.15, 0.2) is 6.07 Å². The fourth-order valence-corrected chi connectivity index (χ4v) is 3.10. The van der Waals surface area contributed by atoms with E-state index >= 15 is 0 Å². The lowest BCUT2D eigenvalue weighted by Gasteiger charge is -2.14. The van der Waals surface area contributed by atoms with Gasteiger partial charge < -0.3 is 5.32 Å². The standard InChI is InChI=1S/C15H27NS/c1-5-7-8-14(6-2)10-16-11-15-9-12(3)13(4)17-15/h9,14,16H,5-8,10-11H2,1-4H3. The smallest absolute Gasteiger partial charge is 0.0300 e. The topological polar surface area (TPSA) is 12.0 Å². The maximum atomic E-state index is 3.61. The van der Waals surface area contributed by atoms with Gasteiger partial charge >= 0.3 is 0 Å². The molecule has 17 heavy (non-hydrogen) atoms. The van der Waals surface area contributed by atoms with Crippen LogP contribution >= 0.6 is 11.3 Å². The summed E-state index contributed by atoms with van der Waals surface area (Å²) in [6, 6.07) is 2.32. The fourth-order valence-electron chi connectivity index (χ4n) is 2.08. The van der Waals surface area contributed by atoms with Crippen molar-refractivity contribution < 1.29 is 0 Å². The summed E-state index contributed by atoms with van der Waals surface area (Å²) >= 11 is 1.93. The van der Waals surface area contributed by atoms with Crippen LogP contribution in [0.25, 0.3) is 0 Å². The van der Waals surface area contributed by atoms with Crippen LogP contribution in [0.3, 0.4) is 0 Å². The van der Waals surface area contributed by atoms with Crippen LogP contribution in [0.4, 0.5) is 0 Å². The number of hydrogen-bond acceptors (Lipinski definition) is 2. The van der Waals surface area contributed by atoms with Gasteiger partial charge in [-0.2, -0.15) is 0 Å². The number of aryl methyl sites for hydroxylation is 2. The van der Waals surface area contributed by atoms with Gasteiger partial charge in [-0.25, -0.2) is 0 Å². The molecule has 1 aromatic rings. The summed E-state index contributed by atoms with van der Waals surface area (Å²) < 4.78 is 0. The van der Waals surface area contributed by atoms with E-state index in [-0.39, 0.29) is 0 Å². The second-order valence-corrected chi connectivity index (χ2v) is 6.34. The number of unbranched alkanes of at least 4 members (excludes halogenated alkanes) is 1. The molecule has 1 heterocycles. The van der Waals surface area contributed by atoms with Gasteiger partial charge in [0.25, 0.3) is 0 Å². The third-order valence-electron chi connectivity index (χ3n) is 3.49. The van der Waals surface area contributed by atoms with Crippen LogP contribution in [0.2, 0.25) is 0 Å². The Kier molecular flexibility index (Phi) is 6.83. The number of rotatable bonds is 8. The Labute approximate surface area is 111 Å². The van der Waals surface area contributed by atoms with Crippen molar-refractivity contribution in [1.29, 1.82) is 0 Å². The Balaban J connectivity index is 2.26. The molecule has 0 aliphatic heterocycles. The first-order valence-electron chi connectivity index (χ1n) is 6.94. The number of thiophene rings is 1. The second kappa shape index (κ2) is 7.88. The van der Waals surface area contributed by atoms with Crippen molar-refractivity contribution in [3.05, 3.63) is 21.4 Å². The molecule has 1 unspecified atom stereocenters. The van der Waals surface area contributed by atoms with Crippen molar-refractivity contribution in [2.24, 2.45) is 5.92 Å². The van der Waals surface area contributed by atoms with E-state index in [2.05, 4.69) is 39.1 Å². The summed E-state index contributed by atoms with van der Waals surface area (Å²) in [6.07, 6.45) is 5.37. The zero-order chi connectivity index (χ0) is 12.7. The van der Waals surface area contributed by atoms with Gasteiger partial charge in [-0.1, -0.05) is 33.1 Å². The molecule has 2 heteroatoms. The summed E-state index contributed by atoms with van der Waals surface area (Å²) in [6.45, 7) is 11.2. The highest BCUT2D eigenvalue weighted by Crippen LogP contribution is 2.20. The van der Waals surface area contributed by atoms with Crippen LogP contribution in [0, 0.1) is 19.8 Å². The predicted octanol–water partition coefficient (Wildman–Crippen LogP) is 4.67. The summed E-state index contributed by atoms with van der Waals surface area (Å²) in [7, 11) is 0. The maximum Gasteiger partial charge on any atom is 0.0300 e. The normalized spacial score (nSPS) is 12.9. The lowest BCUT2D eigenvalue weighted by Crippen LogP contribution is -2.21. The van der Waals surface area contributed by atoms with Gasteiger partial charge in [0.2, 0.25) is 0 Å². The van der Waals surface area contributed by atoms with E-state index < -0.39 is 0 Å². The number of hydrogen-bond donors (Lipinski definition) is 1. The highest BCUT2D eigenvalue weighted by atomic mass is 32.1. The summed E-state index contributed by atoms with van der Waals surface area (Å²) in [4.78, 5) is 2.94. The molecule has 0 saturated heterocycles. The lowest BCUT2D eigenvalue weighted by molar-refractivity contribution is 0.420. The van der Waals surface area contributed by atoms with Crippen molar-refractivity contribution in [3.63, 3.8) is 0 Å². The molecule has 1 atom stereocenters. The highest BCUT2D eigenvalue weighted by molar-refractivity contribution is 7.12. The molecule has 0 fully saturated rings. The average Bonchev–Trinajstić information content (AvgIpc) is 2.63. The van der Waals surface area contributed by atoms with Crippen LogP contribution in [-0.2, 0) is 6.54 Å². The van der Waals surface area contributed by atoms with E-state index in [0.717, 1.165) is 12.5 Å². The monoisotopic (exact) mass is 253 g/mol. The van der Waals surface area contributed by atoms with Crippen molar-refractivity contribution >= 4 is 11.3 Å². The molecule has 1 rings (SSSR count). The van der Waals surface area contributed by atoms with E-state index in [1.54, 1.807) is 0 Å². The molecular weight excluding hydrogens is 226 g/mol. The van der Waals surface area contributed by atoms with E-state index in [1.807, 2.05) is 11.3 Å². The molecule has 1 aromatic heterocycles. The Morgan fingerprint density at radius 1 is 1.29 bits per heavy atom. The van der Waals surface area contributed by atoms with Crippen LogP contribution < -0.4 is 5.32 Å². The molecule has 0 amide bonds. The molecule has 1 N–H and O–H groups in total. The Hall–Kier alpha value is -0.340. The SMILES string of the molecule is CCCCC(CC)CNCc1cc(C)c(C)s1. The lowest BCUT2D eigenvalue weighted by atomic mass is 9.99. The van der Waals surface area contributed by atoms with E-state index in [0.29, 0.717) is 0 Å². The molecule has 0 bridgehead atoms. The van der Waals surface area contributed by atoms with Gasteiger partial charge in [0.05, 0.1) is 0 Å². The molecular formula is C15H27NS. The van der Waals surface area contributed by atoms with Gasteiger partial charge in [-0.15, -0.1) is 11.3 Å². The molecule has 98 valence electrons. The quantitative estimate of drug-likeness (QED) is 0.710. The van der Waals surface area contributed by atoms with Gasteiger partial charge in [-0.05, 0) is 44.4 Å². The van der Waals surface area contributed by atoms with Crippen LogP contribution in [0.5, 0.6) is 0 Å². The first-order valence-corrected chi connectivity index (χ1v) is 7.75. The van der Waals surface area contributed by atoms with Crippen molar-refractivity contribution in [2.45, 2.75) is 59.9 Å². The fraction of sp³-hybridized carbons (Fsp3) is 0.733. The minimum atomic E-state index is 0.858. The molecule has 0 saturated carbocycles. The zero-order valence-electron chi connectivity index (χ0n) is 11.8. The van der Waals surface area contributed by atoms with Crippen LogP contribution in [0.1, 0.15) is 54.8 Å². The van der Waals surface area contributed by atoms with Crippen LogP contribution in [-0.4, -0.2) is 6.54 Å². The predicted molar refractivity (Wildman–Crippen MR) is 78.8 cm³/mol.